The molecule has 0 rings (SSSR count). The monoisotopic (exact) mass is 305 g/mol. The maximum absolute atomic E-state index is 10.5. The fraction of sp³-hybridized carbons (Fsp3) is 0.833. The van der Waals surface area contributed by atoms with E-state index in [2.05, 4.69) is 19.1 Å². The van der Waals surface area contributed by atoms with Crippen molar-refractivity contribution >= 4 is 5.91 Å². The van der Waals surface area contributed by atoms with Gasteiger partial charge in [0.25, 0.3) is 0 Å². The Hall–Kier alpha value is 0.210. The van der Waals surface area contributed by atoms with Crippen molar-refractivity contribution in [1.29, 1.82) is 0 Å². The van der Waals surface area contributed by atoms with Crippen LogP contribution in [0.4, 0.5) is 0 Å². The summed E-state index contributed by atoms with van der Waals surface area (Å²) in [4.78, 5) is 10.5. The van der Waals surface area contributed by atoms with E-state index >= 15 is 0 Å². The molecule has 0 aliphatic rings. The van der Waals surface area contributed by atoms with Gasteiger partial charge in [0.2, 0.25) is 5.91 Å². The number of hydrogen-bond acceptors (Lipinski definition) is 1. The number of primary amides is 1. The fourth-order valence-corrected chi connectivity index (χ4v) is 2.37. The second-order valence-electron chi connectivity index (χ2n) is 5.80. The SMILES string of the molecule is CCCCCCCC/C=C\CCCCCCCC(N)=O.[H-].[Na+]. The van der Waals surface area contributed by atoms with E-state index in [1.807, 2.05) is 0 Å². The molecule has 0 unspecified atom stereocenters. The largest absolute Gasteiger partial charge is 1.00 e. The second kappa shape index (κ2) is 20.2. The van der Waals surface area contributed by atoms with Gasteiger partial charge in [-0.25, -0.2) is 0 Å². The van der Waals surface area contributed by atoms with Crippen molar-refractivity contribution in [3.63, 3.8) is 0 Å². The molecule has 1 amide bonds. The molecular formula is C18H36NNaO. The van der Waals surface area contributed by atoms with Crippen LogP contribution in [0.2, 0.25) is 0 Å². The summed E-state index contributed by atoms with van der Waals surface area (Å²) in [6, 6.07) is 0. The van der Waals surface area contributed by atoms with Crippen molar-refractivity contribution < 1.29 is 35.8 Å². The Balaban J connectivity index is -0.00000180. The van der Waals surface area contributed by atoms with Gasteiger partial charge in [0, 0.05) is 6.42 Å². The van der Waals surface area contributed by atoms with Crippen molar-refractivity contribution in [1.82, 2.24) is 0 Å². The van der Waals surface area contributed by atoms with Gasteiger partial charge in [-0.2, -0.15) is 0 Å². The van der Waals surface area contributed by atoms with E-state index in [0.29, 0.717) is 6.42 Å². The number of carbonyl (C=O) groups excluding carboxylic acids is 1. The maximum atomic E-state index is 10.5. The molecule has 0 saturated carbocycles. The van der Waals surface area contributed by atoms with Crippen LogP contribution in [-0.4, -0.2) is 5.91 Å². The average molecular weight is 305 g/mol. The Morgan fingerprint density at radius 2 is 1.24 bits per heavy atom. The number of amides is 1. The van der Waals surface area contributed by atoms with Gasteiger partial charge in [-0.15, -0.1) is 0 Å². The van der Waals surface area contributed by atoms with E-state index in [-0.39, 0.29) is 36.9 Å². The molecule has 0 spiro atoms. The first-order chi connectivity index (χ1) is 9.77. The predicted octanol–water partition coefficient (Wildman–Crippen LogP) is 2.63. The minimum absolute atomic E-state index is 0. The molecule has 0 atom stereocenters. The molecule has 0 bridgehead atoms. The van der Waals surface area contributed by atoms with E-state index in [0.717, 1.165) is 12.8 Å². The zero-order valence-corrected chi connectivity index (χ0v) is 16.5. The van der Waals surface area contributed by atoms with Crippen LogP contribution < -0.4 is 35.3 Å². The Kier molecular flexibility index (Phi) is 22.6. The molecule has 2 N–H and O–H groups in total. The van der Waals surface area contributed by atoms with Crippen molar-refractivity contribution in [2.24, 2.45) is 5.73 Å². The molecule has 21 heavy (non-hydrogen) atoms. The van der Waals surface area contributed by atoms with E-state index in [1.54, 1.807) is 0 Å². The molecule has 3 heteroatoms. The van der Waals surface area contributed by atoms with Crippen LogP contribution in [0.3, 0.4) is 0 Å². The first kappa shape index (κ1) is 23.5. The van der Waals surface area contributed by atoms with Crippen LogP contribution in [0.1, 0.15) is 98.2 Å². The minimum Gasteiger partial charge on any atom is -1.00 e. The molecule has 0 saturated heterocycles. The first-order valence-electron chi connectivity index (χ1n) is 8.70. The zero-order valence-electron chi connectivity index (χ0n) is 15.5. The summed E-state index contributed by atoms with van der Waals surface area (Å²) in [6.45, 7) is 2.26. The number of unbranched alkanes of at least 4 members (excludes halogenated alkanes) is 11. The summed E-state index contributed by atoms with van der Waals surface area (Å²) in [5, 5.41) is 0. The molecule has 0 heterocycles. The number of carbonyl (C=O) groups is 1. The number of nitrogens with two attached hydrogens (primary N) is 1. The van der Waals surface area contributed by atoms with E-state index in [4.69, 9.17) is 5.73 Å². The smallest absolute Gasteiger partial charge is 1.00 e. The Bertz CT molecular complexity index is 247. The van der Waals surface area contributed by atoms with Gasteiger partial charge in [0.15, 0.2) is 0 Å². The van der Waals surface area contributed by atoms with Gasteiger partial charge in [-0.05, 0) is 32.1 Å². The molecular weight excluding hydrogens is 269 g/mol. The maximum Gasteiger partial charge on any atom is 1.00 e. The van der Waals surface area contributed by atoms with Crippen LogP contribution >= 0.6 is 0 Å². The molecule has 0 aliphatic carbocycles. The number of rotatable bonds is 15. The third kappa shape index (κ3) is 22.6. The molecule has 0 fully saturated rings. The quantitative estimate of drug-likeness (QED) is 0.282. The van der Waals surface area contributed by atoms with Gasteiger partial charge >= 0.3 is 29.6 Å². The average Bonchev–Trinajstić information content (AvgIpc) is 2.43. The third-order valence-corrected chi connectivity index (χ3v) is 3.68. The standard InChI is InChI=1S/C18H35NO.Na.H/c1-2-3-4-5-6-7-8-9-10-11-12-13-14-15-16-17-18(19)20;;/h9-10H,2-8,11-17H2,1H3,(H2,19,20);;/q;+1;-1/b10-9-;;. The molecule has 0 aromatic carbocycles. The van der Waals surface area contributed by atoms with Gasteiger partial charge in [0.1, 0.15) is 0 Å². The minimum atomic E-state index is -0.164. The number of hydrogen-bond donors (Lipinski definition) is 1. The summed E-state index contributed by atoms with van der Waals surface area (Å²) >= 11 is 0. The third-order valence-electron chi connectivity index (χ3n) is 3.68. The van der Waals surface area contributed by atoms with Crippen LogP contribution in [0.25, 0.3) is 0 Å². The summed E-state index contributed by atoms with van der Waals surface area (Å²) in [7, 11) is 0. The van der Waals surface area contributed by atoms with Gasteiger partial charge in [-0.3, -0.25) is 4.79 Å². The summed E-state index contributed by atoms with van der Waals surface area (Å²) < 4.78 is 0. The zero-order chi connectivity index (χ0) is 14.9. The summed E-state index contributed by atoms with van der Waals surface area (Å²) in [6.07, 6.45) is 21.9. The van der Waals surface area contributed by atoms with E-state index in [9.17, 15) is 4.79 Å². The van der Waals surface area contributed by atoms with Crippen LogP contribution in [0.15, 0.2) is 12.2 Å². The Morgan fingerprint density at radius 3 is 1.71 bits per heavy atom. The van der Waals surface area contributed by atoms with Gasteiger partial charge in [0.05, 0.1) is 0 Å². The second-order valence-corrected chi connectivity index (χ2v) is 5.80. The van der Waals surface area contributed by atoms with Crippen molar-refractivity contribution in [2.75, 3.05) is 0 Å². The van der Waals surface area contributed by atoms with E-state index < -0.39 is 0 Å². The van der Waals surface area contributed by atoms with Crippen LogP contribution in [0, 0.1) is 0 Å². The molecule has 2 nitrogen and oxygen atoms in total. The molecule has 0 aromatic heterocycles. The van der Waals surface area contributed by atoms with Gasteiger partial charge in [-0.1, -0.05) is 70.4 Å². The fourth-order valence-electron chi connectivity index (χ4n) is 2.37. The molecule has 0 radical (unpaired) electrons. The van der Waals surface area contributed by atoms with Crippen LogP contribution in [0.5, 0.6) is 0 Å². The van der Waals surface area contributed by atoms with Crippen molar-refractivity contribution in [3.05, 3.63) is 12.2 Å². The van der Waals surface area contributed by atoms with Gasteiger partial charge < -0.3 is 7.16 Å². The summed E-state index contributed by atoms with van der Waals surface area (Å²) in [5.41, 5.74) is 5.10. The molecule has 120 valence electrons. The van der Waals surface area contributed by atoms with Crippen molar-refractivity contribution in [2.45, 2.75) is 96.8 Å². The topological polar surface area (TPSA) is 43.1 Å². The molecule has 0 aliphatic heterocycles. The predicted molar refractivity (Wildman–Crippen MR) is 89.8 cm³/mol. The summed E-state index contributed by atoms with van der Waals surface area (Å²) in [5.74, 6) is -0.164. The Labute approximate surface area is 156 Å². The van der Waals surface area contributed by atoms with Crippen molar-refractivity contribution in [3.8, 4) is 0 Å². The Morgan fingerprint density at radius 1 is 0.810 bits per heavy atom. The van der Waals surface area contributed by atoms with E-state index in [1.165, 1.54) is 70.6 Å². The first-order valence-corrected chi connectivity index (χ1v) is 8.70. The van der Waals surface area contributed by atoms with Crippen LogP contribution in [-0.2, 0) is 4.79 Å². The molecule has 0 aromatic rings. The normalized spacial score (nSPS) is 10.7. The number of allylic oxidation sites excluding steroid dienone is 2.